The Balaban J connectivity index is 1.74. The van der Waals surface area contributed by atoms with Gasteiger partial charge in [0.15, 0.2) is 0 Å². The van der Waals surface area contributed by atoms with Crippen molar-refractivity contribution in [1.82, 2.24) is 4.90 Å². The summed E-state index contributed by atoms with van der Waals surface area (Å²) in [5.41, 5.74) is 4.21. The van der Waals surface area contributed by atoms with Crippen LogP contribution in [0.1, 0.15) is 23.1 Å². The van der Waals surface area contributed by atoms with Gasteiger partial charge in [-0.3, -0.25) is 9.69 Å². The third kappa shape index (κ3) is 2.79. The van der Waals surface area contributed by atoms with Gasteiger partial charge >= 0.3 is 5.97 Å². The van der Waals surface area contributed by atoms with E-state index in [-0.39, 0.29) is 6.04 Å². The number of fused-ring (bicyclic) bond motifs is 1. The highest BCUT2D eigenvalue weighted by Crippen LogP contribution is 2.25. The molecule has 1 saturated heterocycles. The average molecular weight is 277 g/mol. The summed E-state index contributed by atoms with van der Waals surface area (Å²) in [4.78, 5) is 13.4. The lowest BCUT2D eigenvalue weighted by Gasteiger charge is -2.32. The molecule has 1 aromatic rings. The zero-order chi connectivity index (χ0) is 13.2. The zero-order valence-electron chi connectivity index (χ0n) is 11.0. The van der Waals surface area contributed by atoms with Gasteiger partial charge in [0.25, 0.3) is 0 Å². The number of thioether (sulfide) groups is 1. The second-order valence-electron chi connectivity index (χ2n) is 5.36. The Morgan fingerprint density at radius 1 is 1.37 bits per heavy atom. The molecule has 0 spiro atoms. The Morgan fingerprint density at radius 2 is 2.21 bits per heavy atom. The summed E-state index contributed by atoms with van der Waals surface area (Å²) in [6, 6.07) is 6.35. The Kier molecular flexibility index (Phi) is 3.80. The first-order chi connectivity index (χ1) is 9.24. The highest BCUT2D eigenvalue weighted by atomic mass is 32.2. The predicted molar refractivity (Wildman–Crippen MR) is 77.6 cm³/mol. The third-order valence-electron chi connectivity index (χ3n) is 4.07. The summed E-state index contributed by atoms with van der Waals surface area (Å²) >= 11 is 1.74. The van der Waals surface area contributed by atoms with Gasteiger partial charge in [0, 0.05) is 24.6 Å². The molecule has 1 unspecified atom stereocenters. The summed E-state index contributed by atoms with van der Waals surface area (Å²) in [5, 5.41) is 9.29. The van der Waals surface area contributed by atoms with Gasteiger partial charge < -0.3 is 5.11 Å². The summed E-state index contributed by atoms with van der Waals surface area (Å²) < 4.78 is 0. The van der Waals surface area contributed by atoms with Crippen LogP contribution >= 0.6 is 11.8 Å². The molecule has 19 heavy (non-hydrogen) atoms. The number of hydrogen-bond donors (Lipinski definition) is 1. The normalized spacial score (nSPS) is 23.3. The van der Waals surface area contributed by atoms with E-state index in [0.717, 1.165) is 18.8 Å². The van der Waals surface area contributed by atoms with E-state index in [0.29, 0.717) is 5.75 Å². The van der Waals surface area contributed by atoms with E-state index in [2.05, 4.69) is 23.1 Å². The van der Waals surface area contributed by atoms with Crippen molar-refractivity contribution in [1.29, 1.82) is 0 Å². The van der Waals surface area contributed by atoms with Crippen molar-refractivity contribution in [3.05, 3.63) is 34.9 Å². The molecule has 3 nitrogen and oxygen atoms in total. The summed E-state index contributed by atoms with van der Waals surface area (Å²) in [5.74, 6) is 1.06. The van der Waals surface area contributed by atoms with Gasteiger partial charge in [0.05, 0.1) is 0 Å². The second-order valence-corrected chi connectivity index (χ2v) is 6.51. The van der Waals surface area contributed by atoms with Crippen molar-refractivity contribution in [3.8, 4) is 0 Å². The molecule has 1 aliphatic carbocycles. The summed E-state index contributed by atoms with van der Waals surface area (Å²) in [6.45, 7) is 1.64. The van der Waals surface area contributed by atoms with Crippen LogP contribution in [0.2, 0.25) is 0 Å². The van der Waals surface area contributed by atoms with Crippen molar-refractivity contribution in [2.45, 2.75) is 31.8 Å². The Labute approximate surface area is 118 Å². The first kappa shape index (κ1) is 13.0. The predicted octanol–water partition coefficient (Wildman–Crippen LogP) is 2.18. The quantitative estimate of drug-likeness (QED) is 0.919. The van der Waals surface area contributed by atoms with Gasteiger partial charge in [-0.15, -0.1) is 0 Å². The molecule has 2 aliphatic rings. The number of aryl methyl sites for hydroxylation is 2. The van der Waals surface area contributed by atoms with E-state index in [9.17, 15) is 9.90 Å². The molecule has 0 aromatic heterocycles. The molecule has 1 aliphatic heterocycles. The first-order valence-corrected chi connectivity index (χ1v) is 8.05. The van der Waals surface area contributed by atoms with E-state index < -0.39 is 5.97 Å². The van der Waals surface area contributed by atoms with E-state index in [1.165, 1.54) is 36.0 Å². The van der Waals surface area contributed by atoms with E-state index in [1.54, 1.807) is 11.8 Å². The van der Waals surface area contributed by atoms with Crippen molar-refractivity contribution in [2.24, 2.45) is 0 Å². The minimum Gasteiger partial charge on any atom is -0.480 e. The molecule has 3 rings (SSSR count). The van der Waals surface area contributed by atoms with Gasteiger partial charge in [0.2, 0.25) is 0 Å². The van der Waals surface area contributed by atoms with Crippen LogP contribution < -0.4 is 0 Å². The summed E-state index contributed by atoms with van der Waals surface area (Å²) in [7, 11) is 0. The molecule has 1 atom stereocenters. The topological polar surface area (TPSA) is 40.5 Å². The molecule has 4 heteroatoms. The third-order valence-corrected chi connectivity index (χ3v) is 5.10. The number of hydrogen-bond acceptors (Lipinski definition) is 3. The SMILES string of the molecule is O=C(O)C1CSCCN1Cc1ccc2c(c1)CCC2. The number of carboxylic acids is 1. The highest BCUT2D eigenvalue weighted by Gasteiger charge is 2.28. The summed E-state index contributed by atoms with van der Waals surface area (Å²) in [6.07, 6.45) is 3.64. The van der Waals surface area contributed by atoms with Crippen LogP contribution in [-0.2, 0) is 24.2 Å². The number of carbonyl (C=O) groups is 1. The maximum atomic E-state index is 11.3. The van der Waals surface area contributed by atoms with Crippen molar-refractivity contribution in [2.75, 3.05) is 18.1 Å². The molecule has 1 heterocycles. The van der Waals surface area contributed by atoms with Crippen LogP contribution in [-0.4, -0.2) is 40.1 Å². The largest absolute Gasteiger partial charge is 0.480 e. The lowest BCUT2D eigenvalue weighted by Crippen LogP contribution is -2.46. The lowest BCUT2D eigenvalue weighted by molar-refractivity contribution is -0.142. The van der Waals surface area contributed by atoms with E-state index in [4.69, 9.17) is 0 Å². The highest BCUT2D eigenvalue weighted by molar-refractivity contribution is 7.99. The van der Waals surface area contributed by atoms with Crippen LogP contribution in [0.15, 0.2) is 18.2 Å². The van der Waals surface area contributed by atoms with E-state index >= 15 is 0 Å². The Morgan fingerprint density at radius 3 is 3.05 bits per heavy atom. The van der Waals surface area contributed by atoms with Gasteiger partial charge in [0.1, 0.15) is 6.04 Å². The second kappa shape index (κ2) is 5.55. The molecule has 1 N–H and O–H groups in total. The number of nitrogens with zero attached hydrogens (tertiary/aromatic N) is 1. The smallest absolute Gasteiger partial charge is 0.321 e. The van der Waals surface area contributed by atoms with Crippen molar-refractivity contribution >= 4 is 17.7 Å². The monoisotopic (exact) mass is 277 g/mol. The Hall–Kier alpha value is -1.00. The molecule has 1 fully saturated rings. The average Bonchev–Trinajstić information content (AvgIpc) is 2.86. The van der Waals surface area contributed by atoms with Crippen LogP contribution in [0, 0.1) is 0 Å². The molecular weight excluding hydrogens is 258 g/mol. The molecular formula is C15H19NO2S. The first-order valence-electron chi connectivity index (χ1n) is 6.89. The fourth-order valence-corrected chi connectivity index (χ4v) is 4.12. The fourth-order valence-electron chi connectivity index (χ4n) is 3.01. The maximum Gasteiger partial charge on any atom is 0.321 e. The number of aliphatic carboxylic acids is 1. The van der Waals surface area contributed by atoms with E-state index in [1.807, 2.05) is 0 Å². The lowest BCUT2D eigenvalue weighted by atomic mass is 10.1. The minimum atomic E-state index is -0.687. The molecule has 1 aromatic carbocycles. The maximum absolute atomic E-state index is 11.3. The van der Waals surface area contributed by atoms with Gasteiger partial charge in [-0.05, 0) is 36.0 Å². The van der Waals surface area contributed by atoms with Crippen molar-refractivity contribution in [3.63, 3.8) is 0 Å². The fraction of sp³-hybridized carbons (Fsp3) is 0.533. The number of carboxylic acid groups (broad SMARTS) is 1. The molecule has 102 valence electrons. The van der Waals surface area contributed by atoms with Crippen LogP contribution in [0.5, 0.6) is 0 Å². The van der Waals surface area contributed by atoms with Gasteiger partial charge in [-0.1, -0.05) is 18.2 Å². The van der Waals surface area contributed by atoms with Crippen LogP contribution in [0.25, 0.3) is 0 Å². The van der Waals surface area contributed by atoms with Gasteiger partial charge in [-0.25, -0.2) is 0 Å². The zero-order valence-corrected chi connectivity index (χ0v) is 11.8. The molecule has 0 saturated carbocycles. The standard InChI is InChI=1S/C15H19NO2S/c17-15(18)14-10-19-7-6-16(14)9-11-4-5-12-2-1-3-13(12)8-11/h4-5,8,14H,1-3,6-7,9-10H2,(H,17,18). The number of rotatable bonds is 3. The minimum absolute atomic E-state index is 0.327. The van der Waals surface area contributed by atoms with Crippen LogP contribution in [0.4, 0.5) is 0 Å². The molecule has 0 radical (unpaired) electrons. The van der Waals surface area contributed by atoms with Gasteiger partial charge in [-0.2, -0.15) is 11.8 Å². The van der Waals surface area contributed by atoms with Crippen LogP contribution in [0.3, 0.4) is 0 Å². The van der Waals surface area contributed by atoms with Crippen molar-refractivity contribution < 1.29 is 9.90 Å². The Bertz CT molecular complexity index is 489. The number of benzene rings is 1. The molecule has 0 bridgehead atoms. The molecule has 0 amide bonds.